The van der Waals surface area contributed by atoms with E-state index in [0.29, 0.717) is 11.5 Å². The molecule has 104 valence electrons. The number of rotatable bonds is 4. The van der Waals surface area contributed by atoms with Crippen LogP contribution in [0, 0.1) is 11.3 Å². The Balaban J connectivity index is 1.86. The standard InChI is InChI=1S/C17H25NO/c1-4-18-16(14-11-17(14,2)3)13-7-8-15-12(10-13)6-5-9-19-15/h7-8,10,14,16,18H,4-6,9,11H2,1-3H3. The van der Waals surface area contributed by atoms with Crippen LogP contribution in [0.4, 0.5) is 0 Å². The molecule has 1 saturated carbocycles. The molecule has 0 saturated heterocycles. The van der Waals surface area contributed by atoms with Crippen molar-refractivity contribution in [2.75, 3.05) is 13.2 Å². The van der Waals surface area contributed by atoms with Crippen LogP contribution in [0.5, 0.6) is 5.75 Å². The highest BCUT2D eigenvalue weighted by Gasteiger charge is 2.50. The highest BCUT2D eigenvalue weighted by molar-refractivity contribution is 5.40. The zero-order chi connectivity index (χ0) is 13.5. The molecule has 1 N–H and O–H groups in total. The molecule has 2 aliphatic rings. The van der Waals surface area contributed by atoms with Crippen LogP contribution < -0.4 is 10.1 Å². The summed E-state index contributed by atoms with van der Waals surface area (Å²) < 4.78 is 5.71. The molecule has 2 unspecified atom stereocenters. The topological polar surface area (TPSA) is 21.3 Å². The van der Waals surface area contributed by atoms with Gasteiger partial charge in [-0.15, -0.1) is 0 Å². The number of hydrogen-bond acceptors (Lipinski definition) is 2. The number of nitrogens with one attached hydrogen (secondary N) is 1. The first-order valence-electron chi connectivity index (χ1n) is 7.61. The normalized spacial score (nSPS) is 25.3. The second-order valence-corrected chi connectivity index (χ2v) is 6.65. The van der Waals surface area contributed by atoms with E-state index in [4.69, 9.17) is 4.74 Å². The largest absolute Gasteiger partial charge is 0.493 e. The second kappa shape index (κ2) is 4.82. The van der Waals surface area contributed by atoms with Gasteiger partial charge < -0.3 is 10.1 Å². The molecule has 0 bridgehead atoms. The molecule has 2 atom stereocenters. The van der Waals surface area contributed by atoms with Crippen LogP contribution in [0.15, 0.2) is 18.2 Å². The molecule has 19 heavy (non-hydrogen) atoms. The molecule has 0 aromatic heterocycles. The van der Waals surface area contributed by atoms with Crippen LogP contribution in [0.1, 0.15) is 50.8 Å². The summed E-state index contributed by atoms with van der Waals surface area (Å²) >= 11 is 0. The van der Waals surface area contributed by atoms with Gasteiger partial charge in [-0.25, -0.2) is 0 Å². The highest BCUT2D eigenvalue weighted by Crippen LogP contribution is 2.57. The number of fused-ring (bicyclic) bond motifs is 1. The summed E-state index contributed by atoms with van der Waals surface area (Å²) in [6, 6.07) is 7.30. The fourth-order valence-corrected chi connectivity index (χ4v) is 3.36. The molecular weight excluding hydrogens is 234 g/mol. The lowest BCUT2D eigenvalue weighted by Gasteiger charge is -2.23. The third-order valence-electron chi connectivity index (χ3n) is 4.71. The van der Waals surface area contributed by atoms with Crippen LogP contribution in [0.3, 0.4) is 0 Å². The van der Waals surface area contributed by atoms with E-state index in [1.54, 1.807) is 0 Å². The van der Waals surface area contributed by atoms with Gasteiger partial charge in [-0.2, -0.15) is 0 Å². The van der Waals surface area contributed by atoms with Gasteiger partial charge in [-0.1, -0.05) is 32.9 Å². The zero-order valence-electron chi connectivity index (χ0n) is 12.3. The maximum absolute atomic E-state index is 5.71. The minimum absolute atomic E-state index is 0.499. The minimum atomic E-state index is 0.499. The van der Waals surface area contributed by atoms with Crippen molar-refractivity contribution in [1.29, 1.82) is 0 Å². The number of aryl methyl sites for hydroxylation is 1. The number of benzene rings is 1. The van der Waals surface area contributed by atoms with Crippen molar-refractivity contribution in [1.82, 2.24) is 5.32 Å². The van der Waals surface area contributed by atoms with Crippen molar-refractivity contribution in [3.05, 3.63) is 29.3 Å². The van der Waals surface area contributed by atoms with Gasteiger partial charge in [-0.3, -0.25) is 0 Å². The highest BCUT2D eigenvalue weighted by atomic mass is 16.5. The average molecular weight is 259 g/mol. The lowest BCUT2D eigenvalue weighted by molar-refractivity contribution is 0.288. The monoisotopic (exact) mass is 259 g/mol. The smallest absolute Gasteiger partial charge is 0.122 e. The van der Waals surface area contributed by atoms with E-state index in [0.717, 1.165) is 37.7 Å². The van der Waals surface area contributed by atoms with Gasteiger partial charge in [0.25, 0.3) is 0 Å². The van der Waals surface area contributed by atoms with Crippen LogP contribution in [-0.2, 0) is 6.42 Å². The summed E-state index contributed by atoms with van der Waals surface area (Å²) in [5, 5.41) is 3.68. The third-order valence-corrected chi connectivity index (χ3v) is 4.71. The van der Waals surface area contributed by atoms with Gasteiger partial charge >= 0.3 is 0 Å². The molecular formula is C17H25NO. The van der Waals surface area contributed by atoms with Gasteiger partial charge in [0.05, 0.1) is 6.61 Å². The Morgan fingerprint density at radius 2 is 2.21 bits per heavy atom. The van der Waals surface area contributed by atoms with Crippen molar-refractivity contribution in [2.45, 2.75) is 46.1 Å². The Labute approximate surface area is 116 Å². The first-order valence-corrected chi connectivity index (χ1v) is 7.61. The summed E-state index contributed by atoms with van der Waals surface area (Å²) in [7, 11) is 0. The van der Waals surface area contributed by atoms with Gasteiger partial charge in [-0.05, 0) is 54.3 Å². The van der Waals surface area contributed by atoms with E-state index in [-0.39, 0.29) is 0 Å². The molecule has 1 heterocycles. The van der Waals surface area contributed by atoms with Crippen LogP contribution in [0.25, 0.3) is 0 Å². The maximum atomic E-state index is 5.71. The third kappa shape index (κ3) is 2.51. The van der Waals surface area contributed by atoms with Crippen molar-refractivity contribution < 1.29 is 4.74 Å². The fourth-order valence-electron chi connectivity index (χ4n) is 3.36. The summed E-state index contributed by atoms with van der Waals surface area (Å²) in [4.78, 5) is 0. The van der Waals surface area contributed by atoms with Crippen molar-refractivity contribution in [2.24, 2.45) is 11.3 Å². The first-order chi connectivity index (χ1) is 9.12. The van der Waals surface area contributed by atoms with Gasteiger partial charge in [0, 0.05) is 6.04 Å². The SMILES string of the molecule is CCNC(c1ccc2c(c1)CCCO2)C1CC1(C)C. The van der Waals surface area contributed by atoms with E-state index < -0.39 is 0 Å². The number of hydrogen-bond donors (Lipinski definition) is 1. The summed E-state index contributed by atoms with van der Waals surface area (Å²) in [5.74, 6) is 1.87. The lowest BCUT2D eigenvalue weighted by Crippen LogP contribution is -2.24. The molecule has 2 nitrogen and oxygen atoms in total. The summed E-state index contributed by atoms with van der Waals surface area (Å²) in [6.07, 6.45) is 3.64. The van der Waals surface area contributed by atoms with Gasteiger partial charge in [0.2, 0.25) is 0 Å². The van der Waals surface area contributed by atoms with E-state index >= 15 is 0 Å². The molecule has 1 aliphatic heterocycles. The molecule has 0 amide bonds. The Morgan fingerprint density at radius 1 is 1.42 bits per heavy atom. The fraction of sp³-hybridized carbons (Fsp3) is 0.647. The lowest BCUT2D eigenvalue weighted by atomic mass is 9.94. The summed E-state index contributed by atoms with van der Waals surface area (Å²) in [6.45, 7) is 8.86. The number of ether oxygens (including phenoxy) is 1. The first kappa shape index (κ1) is 13.0. The Morgan fingerprint density at radius 3 is 2.89 bits per heavy atom. The molecule has 0 radical (unpaired) electrons. The molecule has 1 aromatic rings. The van der Waals surface area contributed by atoms with E-state index in [2.05, 4.69) is 44.3 Å². The van der Waals surface area contributed by atoms with Crippen molar-refractivity contribution in [3.8, 4) is 5.75 Å². The Hall–Kier alpha value is -1.02. The molecule has 1 fully saturated rings. The molecule has 2 heteroatoms. The van der Waals surface area contributed by atoms with E-state index in [1.807, 2.05) is 0 Å². The van der Waals surface area contributed by atoms with Crippen LogP contribution in [0.2, 0.25) is 0 Å². The Bertz CT molecular complexity index is 466. The van der Waals surface area contributed by atoms with Crippen molar-refractivity contribution >= 4 is 0 Å². The van der Waals surface area contributed by atoms with E-state index in [9.17, 15) is 0 Å². The summed E-state index contributed by atoms with van der Waals surface area (Å²) in [5.41, 5.74) is 3.34. The predicted octanol–water partition coefficient (Wildman–Crippen LogP) is 3.71. The quantitative estimate of drug-likeness (QED) is 0.890. The predicted molar refractivity (Wildman–Crippen MR) is 78.6 cm³/mol. The van der Waals surface area contributed by atoms with E-state index in [1.165, 1.54) is 17.5 Å². The van der Waals surface area contributed by atoms with Crippen molar-refractivity contribution in [3.63, 3.8) is 0 Å². The Kier molecular flexibility index (Phi) is 3.30. The van der Waals surface area contributed by atoms with Gasteiger partial charge in [0.1, 0.15) is 5.75 Å². The van der Waals surface area contributed by atoms with Gasteiger partial charge in [0.15, 0.2) is 0 Å². The van der Waals surface area contributed by atoms with Crippen LogP contribution in [-0.4, -0.2) is 13.2 Å². The maximum Gasteiger partial charge on any atom is 0.122 e. The molecule has 3 rings (SSSR count). The second-order valence-electron chi connectivity index (χ2n) is 6.65. The molecule has 1 aliphatic carbocycles. The zero-order valence-corrected chi connectivity index (χ0v) is 12.3. The van der Waals surface area contributed by atoms with Crippen LogP contribution >= 0.6 is 0 Å². The average Bonchev–Trinajstić information content (AvgIpc) is 3.04. The minimum Gasteiger partial charge on any atom is -0.493 e. The molecule has 0 spiro atoms. The molecule has 1 aromatic carbocycles.